The maximum atomic E-state index is 13.2. The standard InChI is InChI=1S/C16H21F2N3O2/c1-10(12-2-3-13(17)14(18)9-12)20-16(23)21-6-4-11(5-7-21)8-15(19)22/h2-3,9-11H,4-8H2,1H3,(H2,19,22)(H,20,23)/t10-/m0/s1. The zero-order valence-corrected chi connectivity index (χ0v) is 13.0. The van der Waals surface area contributed by atoms with E-state index in [9.17, 15) is 18.4 Å². The number of benzene rings is 1. The highest BCUT2D eigenvalue weighted by atomic mass is 19.2. The van der Waals surface area contributed by atoms with Crippen LogP contribution in [-0.2, 0) is 4.79 Å². The van der Waals surface area contributed by atoms with Crippen LogP contribution in [0.1, 0.15) is 37.8 Å². The van der Waals surface area contributed by atoms with Crippen LogP contribution in [0, 0.1) is 17.6 Å². The van der Waals surface area contributed by atoms with Crippen molar-refractivity contribution in [1.29, 1.82) is 0 Å². The lowest BCUT2D eigenvalue weighted by Gasteiger charge is -2.32. The molecular formula is C16H21F2N3O2. The molecule has 0 unspecified atom stereocenters. The van der Waals surface area contributed by atoms with Gasteiger partial charge in [0.15, 0.2) is 11.6 Å². The first-order valence-corrected chi connectivity index (χ1v) is 7.65. The molecule has 3 amide bonds. The Labute approximate surface area is 133 Å². The third-order valence-electron chi connectivity index (χ3n) is 4.18. The molecular weight excluding hydrogens is 304 g/mol. The SMILES string of the molecule is C[C@H](NC(=O)N1CCC(CC(N)=O)CC1)c1ccc(F)c(F)c1. The summed E-state index contributed by atoms with van der Waals surface area (Å²) < 4.78 is 26.2. The Balaban J connectivity index is 1.87. The molecule has 2 rings (SSSR count). The van der Waals surface area contributed by atoms with Crippen LogP contribution < -0.4 is 11.1 Å². The highest BCUT2D eigenvalue weighted by molar-refractivity contribution is 5.75. The molecule has 0 spiro atoms. The third-order valence-corrected chi connectivity index (χ3v) is 4.18. The topological polar surface area (TPSA) is 75.4 Å². The van der Waals surface area contributed by atoms with Gasteiger partial charge in [0.2, 0.25) is 5.91 Å². The second-order valence-electron chi connectivity index (χ2n) is 5.95. The number of carbonyl (C=O) groups excluding carboxylic acids is 2. The van der Waals surface area contributed by atoms with Crippen molar-refractivity contribution in [2.45, 2.75) is 32.2 Å². The number of nitrogens with zero attached hydrogens (tertiary/aromatic N) is 1. The molecule has 5 nitrogen and oxygen atoms in total. The van der Waals surface area contributed by atoms with E-state index in [1.54, 1.807) is 11.8 Å². The largest absolute Gasteiger partial charge is 0.370 e. The number of carbonyl (C=O) groups is 2. The number of rotatable bonds is 4. The zero-order valence-electron chi connectivity index (χ0n) is 13.0. The van der Waals surface area contributed by atoms with Gasteiger partial charge in [-0.05, 0) is 43.4 Å². The smallest absolute Gasteiger partial charge is 0.317 e. The molecule has 23 heavy (non-hydrogen) atoms. The lowest BCUT2D eigenvalue weighted by molar-refractivity contribution is -0.119. The van der Waals surface area contributed by atoms with Crippen LogP contribution in [0.4, 0.5) is 13.6 Å². The van der Waals surface area contributed by atoms with E-state index >= 15 is 0 Å². The second-order valence-corrected chi connectivity index (χ2v) is 5.95. The van der Waals surface area contributed by atoms with Gasteiger partial charge in [0.1, 0.15) is 0 Å². The number of amides is 3. The summed E-state index contributed by atoms with van der Waals surface area (Å²) in [6.45, 7) is 2.81. The lowest BCUT2D eigenvalue weighted by Crippen LogP contribution is -2.45. The van der Waals surface area contributed by atoms with Crippen molar-refractivity contribution in [1.82, 2.24) is 10.2 Å². The molecule has 0 aliphatic carbocycles. The van der Waals surface area contributed by atoms with E-state index in [0.717, 1.165) is 25.0 Å². The minimum Gasteiger partial charge on any atom is -0.370 e. The van der Waals surface area contributed by atoms with Gasteiger partial charge in [-0.15, -0.1) is 0 Å². The first-order chi connectivity index (χ1) is 10.9. The van der Waals surface area contributed by atoms with Crippen molar-refractivity contribution in [3.63, 3.8) is 0 Å². The van der Waals surface area contributed by atoms with E-state index in [2.05, 4.69) is 5.32 Å². The molecule has 1 aromatic carbocycles. The Bertz CT molecular complexity index is 587. The highest BCUT2D eigenvalue weighted by Crippen LogP contribution is 2.21. The number of primary amides is 1. The molecule has 0 radical (unpaired) electrons. The molecule has 7 heteroatoms. The highest BCUT2D eigenvalue weighted by Gasteiger charge is 2.24. The molecule has 1 fully saturated rings. The zero-order chi connectivity index (χ0) is 17.0. The minimum atomic E-state index is -0.934. The van der Waals surface area contributed by atoms with E-state index in [-0.39, 0.29) is 17.9 Å². The monoisotopic (exact) mass is 325 g/mol. The first-order valence-electron chi connectivity index (χ1n) is 7.65. The molecule has 0 bridgehead atoms. The fraction of sp³-hybridized carbons (Fsp3) is 0.500. The Morgan fingerprint density at radius 3 is 2.52 bits per heavy atom. The molecule has 0 saturated carbocycles. The van der Waals surface area contributed by atoms with Gasteiger partial charge >= 0.3 is 6.03 Å². The van der Waals surface area contributed by atoms with E-state index < -0.39 is 17.7 Å². The Morgan fingerprint density at radius 2 is 1.96 bits per heavy atom. The van der Waals surface area contributed by atoms with Crippen LogP contribution >= 0.6 is 0 Å². The van der Waals surface area contributed by atoms with Crippen molar-refractivity contribution in [3.8, 4) is 0 Å². The van der Waals surface area contributed by atoms with Crippen LogP contribution in [0.5, 0.6) is 0 Å². The summed E-state index contributed by atoms with van der Waals surface area (Å²) in [6.07, 6.45) is 1.81. The lowest BCUT2D eigenvalue weighted by atomic mass is 9.93. The van der Waals surface area contributed by atoms with Crippen molar-refractivity contribution in [3.05, 3.63) is 35.4 Å². The van der Waals surface area contributed by atoms with Gasteiger partial charge in [-0.2, -0.15) is 0 Å². The molecule has 0 aromatic heterocycles. The fourth-order valence-corrected chi connectivity index (χ4v) is 2.77. The molecule has 1 atom stereocenters. The van der Waals surface area contributed by atoms with Gasteiger partial charge in [-0.3, -0.25) is 4.79 Å². The van der Waals surface area contributed by atoms with Crippen LogP contribution in [-0.4, -0.2) is 29.9 Å². The molecule has 1 aliphatic heterocycles. The summed E-state index contributed by atoms with van der Waals surface area (Å²) in [5.74, 6) is -1.94. The Hall–Kier alpha value is -2.18. The van der Waals surface area contributed by atoms with Crippen molar-refractivity contribution in [2.75, 3.05) is 13.1 Å². The van der Waals surface area contributed by atoms with E-state index in [1.165, 1.54) is 6.07 Å². The van der Waals surface area contributed by atoms with Crippen LogP contribution in [0.2, 0.25) is 0 Å². The molecule has 1 aliphatic rings. The molecule has 3 N–H and O–H groups in total. The Morgan fingerprint density at radius 1 is 1.30 bits per heavy atom. The number of likely N-dealkylation sites (tertiary alicyclic amines) is 1. The van der Waals surface area contributed by atoms with E-state index in [0.29, 0.717) is 25.1 Å². The summed E-state index contributed by atoms with van der Waals surface area (Å²) in [7, 11) is 0. The number of hydrogen-bond acceptors (Lipinski definition) is 2. The number of piperidine rings is 1. The maximum absolute atomic E-state index is 13.2. The number of nitrogens with one attached hydrogen (secondary N) is 1. The third kappa shape index (κ3) is 4.64. The average molecular weight is 325 g/mol. The maximum Gasteiger partial charge on any atom is 0.317 e. The van der Waals surface area contributed by atoms with E-state index in [4.69, 9.17) is 5.73 Å². The minimum absolute atomic E-state index is 0.222. The van der Waals surface area contributed by atoms with Gasteiger partial charge in [0.05, 0.1) is 6.04 Å². The summed E-state index contributed by atoms with van der Waals surface area (Å²) in [5, 5.41) is 2.77. The summed E-state index contributed by atoms with van der Waals surface area (Å²) in [4.78, 5) is 24.8. The molecule has 1 heterocycles. The molecule has 126 valence electrons. The number of urea groups is 1. The van der Waals surface area contributed by atoms with Crippen LogP contribution in [0.3, 0.4) is 0 Å². The summed E-state index contributed by atoms with van der Waals surface area (Å²) in [6, 6.07) is 2.89. The van der Waals surface area contributed by atoms with Crippen molar-refractivity contribution >= 4 is 11.9 Å². The van der Waals surface area contributed by atoms with E-state index in [1.807, 2.05) is 0 Å². The summed E-state index contributed by atoms with van der Waals surface area (Å²) in [5.41, 5.74) is 5.68. The number of halogens is 2. The van der Waals surface area contributed by atoms with Gasteiger partial charge in [0.25, 0.3) is 0 Å². The molecule has 1 aromatic rings. The van der Waals surface area contributed by atoms with Crippen LogP contribution in [0.15, 0.2) is 18.2 Å². The predicted molar refractivity (Wildman–Crippen MR) is 81.4 cm³/mol. The number of hydrogen-bond donors (Lipinski definition) is 2. The van der Waals surface area contributed by atoms with Crippen LogP contribution in [0.25, 0.3) is 0 Å². The van der Waals surface area contributed by atoms with Gasteiger partial charge in [-0.25, -0.2) is 13.6 Å². The second kappa shape index (κ2) is 7.39. The van der Waals surface area contributed by atoms with Crippen molar-refractivity contribution in [2.24, 2.45) is 11.7 Å². The quantitative estimate of drug-likeness (QED) is 0.891. The predicted octanol–water partition coefficient (Wildman–Crippen LogP) is 2.32. The van der Waals surface area contributed by atoms with Gasteiger partial charge in [-0.1, -0.05) is 6.07 Å². The molecule has 1 saturated heterocycles. The van der Waals surface area contributed by atoms with Crippen molar-refractivity contribution < 1.29 is 18.4 Å². The average Bonchev–Trinajstić information content (AvgIpc) is 2.50. The van der Waals surface area contributed by atoms with Gasteiger partial charge in [0, 0.05) is 19.5 Å². The van der Waals surface area contributed by atoms with Gasteiger partial charge < -0.3 is 16.0 Å². The first kappa shape index (κ1) is 17.2. The number of nitrogens with two attached hydrogens (primary N) is 1. The fourth-order valence-electron chi connectivity index (χ4n) is 2.77. The summed E-state index contributed by atoms with van der Waals surface area (Å²) >= 11 is 0. The normalized spacial score (nSPS) is 16.9. The Kier molecular flexibility index (Phi) is 5.52.